The molecular weight excluding hydrogens is 292 g/mol. The molecule has 1 saturated carbocycles. The number of hydrazine groups is 1. The zero-order valence-corrected chi connectivity index (χ0v) is 13.9. The van der Waals surface area contributed by atoms with E-state index in [0.717, 1.165) is 25.7 Å². The average molecular weight is 318 g/mol. The van der Waals surface area contributed by atoms with Crippen molar-refractivity contribution in [2.75, 3.05) is 6.61 Å². The topological polar surface area (TPSA) is 67.4 Å². The van der Waals surface area contributed by atoms with E-state index in [1.165, 1.54) is 6.42 Å². The Morgan fingerprint density at radius 1 is 1.13 bits per heavy atom. The molecule has 1 aromatic rings. The molecule has 0 aromatic heterocycles. The Morgan fingerprint density at radius 2 is 1.83 bits per heavy atom. The Labute approximate surface area is 137 Å². The van der Waals surface area contributed by atoms with Crippen molar-refractivity contribution < 1.29 is 14.3 Å². The molecule has 126 valence electrons. The summed E-state index contributed by atoms with van der Waals surface area (Å²) in [4.78, 5) is 24.4. The lowest BCUT2D eigenvalue weighted by Gasteiger charge is -2.21. The van der Waals surface area contributed by atoms with Crippen LogP contribution in [0.4, 0.5) is 0 Å². The third kappa shape index (κ3) is 5.27. The van der Waals surface area contributed by atoms with E-state index in [0.29, 0.717) is 23.8 Å². The molecule has 5 heteroatoms. The number of nitrogens with one attached hydrogen (secondary N) is 2. The molecule has 23 heavy (non-hydrogen) atoms. The van der Waals surface area contributed by atoms with E-state index in [4.69, 9.17) is 4.74 Å². The Morgan fingerprint density at radius 3 is 2.52 bits per heavy atom. The van der Waals surface area contributed by atoms with Crippen LogP contribution in [0.15, 0.2) is 24.3 Å². The molecule has 1 aliphatic carbocycles. The van der Waals surface area contributed by atoms with Crippen LogP contribution in [0.5, 0.6) is 5.75 Å². The summed E-state index contributed by atoms with van der Waals surface area (Å²) in [5, 5.41) is 0. The van der Waals surface area contributed by atoms with Crippen LogP contribution in [0.1, 0.15) is 56.3 Å². The summed E-state index contributed by atoms with van der Waals surface area (Å²) in [5.41, 5.74) is 5.48. The fraction of sp³-hybridized carbons (Fsp3) is 0.556. The first-order chi connectivity index (χ1) is 11.1. The first-order valence-electron chi connectivity index (χ1n) is 8.40. The van der Waals surface area contributed by atoms with E-state index in [1.54, 1.807) is 18.2 Å². The van der Waals surface area contributed by atoms with Crippen LogP contribution >= 0.6 is 0 Å². The van der Waals surface area contributed by atoms with Gasteiger partial charge in [-0.3, -0.25) is 20.4 Å². The van der Waals surface area contributed by atoms with Gasteiger partial charge in [-0.1, -0.05) is 45.2 Å². The molecule has 0 atom stereocenters. The second-order valence-corrected chi connectivity index (χ2v) is 6.48. The fourth-order valence-corrected chi connectivity index (χ4v) is 2.69. The van der Waals surface area contributed by atoms with Crippen molar-refractivity contribution in [2.24, 2.45) is 11.8 Å². The molecule has 0 spiro atoms. The summed E-state index contributed by atoms with van der Waals surface area (Å²) in [6, 6.07) is 7.06. The average Bonchev–Trinajstić information content (AvgIpc) is 2.58. The second kappa shape index (κ2) is 8.56. The van der Waals surface area contributed by atoms with E-state index < -0.39 is 0 Å². The van der Waals surface area contributed by atoms with Gasteiger partial charge >= 0.3 is 0 Å². The first kappa shape index (κ1) is 17.3. The highest BCUT2D eigenvalue weighted by Gasteiger charge is 2.22. The Hall–Kier alpha value is -2.04. The predicted molar refractivity (Wildman–Crippen MR) is 89.0 cm³/mol. The van der Waals surface area contributed by atoms with Crippen LogP contribution < -0.4 is 15.6 Å². The van der Waals surface area contributed by atoms with Crippen molar-refractivity contribution in [3.8, 4) is 5.75 Å². The lowest BCUT2D eigenvalue weighted by molar-refractivity contribution is -0.126. The number of ether oxygens (including phenoxy) is 1. The Kier molecular flexibility index (Phi) is 6.44. The first-order valence-corrected chi connectivity index (χ1v) is 8.40. The highest BCUT2D eigenvalue weighted by atomic mass is 16.5. The molecule has 2 amide bonds. The molecule has 1 aromatic carbocycles. The molecule has 0 heterocycles. The normalized spacial score (nSPS) is 15.3. The highest BCUT2D eigenvalue weighted by molar-refractivity contribution is 5.98. The standard InChI is InChI=1S/C18H26N2O3/c1-13(2)12-23-16-11-7-6-10-15(16)18(22)20-19-17(21)14-8-4-3-5-9-14/h6-7,10-11,13-14H,3-5,8-9,12H2,1-2H3,(H,19,21)(H,20,22). The van der Waals surface area contributed by atoms with E-state index >= 15 is 0 Å². The molecule has 0 aliphatic heterocycles. The van der Waals surface area contributed by atoms with Gasteiger partial charge in [0, 0.05) is 5.92 Å². The van der Waals surface area contributed by atoms with Crippen molar-refractivity contribution in [1.29, 1.82) is 0 Å². The Bertz CT molecular complexity index is 537. The van der Waals surface area contributed by atoms with Crippen molar-refractivity contribution in [2.45, 2.75) is 46.0 Å². The van der Waals surface area contributed by atoms with Gasteiger partial charge in [0.15, 0.2) is 0 Å². The predicted octanol–water partition coefficient (Wildman–Crippen LogP) is 3.06. The van der Waals surface area contributed by atoms with Gasteiger partial charge in [-0.2, -0.15) is 0 Å². The van der Waals surface area contributed by atoms with Gasteiger partial charge in [0.25, 0.3) is 5.91 Å². The summed E-state index contributed by atoms with van der Waals surface area (Å²) < 4.78 is 5.67. The molecule has 2 rings (SSSR count). The molecule has 1 fully saturated rings. The minimum absolute atomic E-state index is 0.0106. The maximum atomic E-state index is 12.3. The molecule has 0 radical (unpaired) electrons. The van der Waals surface area contributed by atoms with Gasteiger partial charge in [-0.15, -0.1) is 0 Å². The minimum Gasteiger partial charge on any atom is -0.492 e. The number of carbonyl (C=O) groups is 2. The number of rotatable bonds is 5. The second-order valence-electron chi connectivity index (χ2n) is 6.48. The summed E-state index contributed by atoms with van der Waals surface area (Å²) in [6.45, 7) is 4.64. The fourth-order valence-electron chi connectivity index (χ4n) is 2.69. The number of benzene rings is 1. The number of carbonyl (C=O) groups excluding carboxylic acids is 2. The van der Waals surface area contributed by atoms with Gasteiger partial charge in [-0.05, 0) is 30.9 Å². The molecule has 1 aliphatic rings. The summed E-state index contributed by atoms with van der Waals surface area (Å²) in [5.74, 6) is 0.464. The highest BCUT2D eigenvalue weighted by Crippen LogP contribution is 2.23. The molecular formula is C18H26N2O3. The monoisotopic (exact) mass is 318 g/mol. The minimum atomic E-state index is -0.353. The third-order valence-corrected chi connectivity index (χ3v) is 3.98. The van der Waals surface area contributed by atoms with Crippen molar-refractivity contribution in [3.63, 3.8) is 0 Å². The molecule has 0 bridgehead atoms. The lowest BCUT2D eigenvalue weighted by atomic mass is 9.89. The van der Waals surface area contributed by atoms with Gasteiger partial charge in [0.05, 0.1) is 12.2 Å². The van der Waals surface area contributed by atoms with Crippen molar-refractivity contribution in [3.05, 3.63) is 29.8 Å². The quantitative estimate of drug-likeness (QED) is 0.820. The smallest absolute Gasteiger partial charge is 0.273 e. The Balaban J connectivity index is 1.91. The van der Waals surface area contributed by atoms with Crippen LogP contribution in [-0.4, -0.2) is 18.4 Å². The maximum Gasteiger partial charge on any atom is 0.273 e. The maximum absolute atomic E-state index is 12.3. The van der Waals surface area contributed by atoms with Crippen LogP contribution in [0, 0.1) is 11.8 Å². The van der Waals surface area contributed by atoms with Gasteiger partial charge in [0.2, 0.25) is 5.91 Å². The van der Waals surface area contributed by atoms with E-state index in [9.17, 15) is 9.59 Å². The van der Waals surface area contributed by atoms with Crippen LogP contribution in [0.25, 0.3) is 0 Å². The van der Waals surface area contributed by atoms with E-state index in [1.807, 2.05) is 19.9 Å². The summed E-state index contributed by atoms with van der Waals surface area (Å²) in [7, 11) is 0. The van der Waals surface area contributed by atoms with Crippen LogP contribution in [-0.2, 0) is 4.79 Å². The zero-order valence-electron chi connectivity index (χ0n) is 13.9. The van der Waals surface area contributed by atoms with Crippen LogP contribution in [0.2, 0.25) is 0 Å². The third-order valence-electron chi connectivity index (χ3n) is 3.98. The summed E-state index contributed by atoms with van der Waals surface area (Å²) >= 11 is 0. The zero-order chi connectivity index (χ0) is 16.7. The van der Waals surface area contributed by atoms with Crippen molar-refractivity contribution >= 4 is 11.8 Å². The number of amides is 2. The van der Waals surface area contributed by atoms with E-state index in [2.05, 4.69) is 10.9 Å². The number of hydrogen-bond donors (Lipinski definition) is 2. The SMILES string of the molecule is CC(C)COc1ccccc1C(=O)NNC(=O)C1CCCCC1. The summed E-state index contributed by atoms with van der Waals surface area (Å²) in [6.07, 6.45) is 5.15. The molecule has 0 unspecified atom stereocenters. The molecule has 0 saturated heterocycles. The molecule has 5 nitrogen and oxygen atoms in total. The van der Waals surface area contributed by atoms with Crippen molar-refractivity contribution in [1.82, 2.24) is 10.9 Å². The lowest BCUT2D eigenvalue weighted by Crippen LogP contribution is -2.45. The number of para-hydroxylation sites is 1. The molecule has 2 N–H and O–H groups in total. The van der Waals surface area contributed by atoms with Gasteiger partial charge in [0.1, 0.15) is 5.75 Å². The van der Waals surface area contributed by atoms with Crippen LogP contribution in [0.3, 0.4) is 0 Å². The largest absolute Gasteiger partial charge is 0.492 e. The van der Waals surface area contributed by atoms with E-state index in [-0.39, 0.29) is 17.7 Å². The van der Waals surface area contributed by atoms with Gasteiger partial charge in [-0.25, -0.2) is 0 Å². The number of hydrogen-bond acceptors (Lipinski definition) is 3. The van der Waals surface area contributed by atoms with Gasteiger partial charge < -0.3 is 4.74 Å².